The van der Waals surface area contributed by atoms with Gasteiger partial charge in [-0.05, 0) is 24.5 Å². The number of alkyl halides is 1. The zero-order valence-electron chi connectivity index (χ0n) is 12.1. The lowest BCUT2D eigenvalue weighted by molar-refractivity contribution is 0.0775. The Kier molecular flexibility index (Phi) is 3.66. The van der Waals surface area contributed by atoms with E-state index in [4.69, 9.17) is 0 Å². The predicted molar refractivity (Wildman–Crippen MR) is 74.9 cm³/mol. The van der Waals surface area contributed by atoms with E-state index in [1.807, 2.05) is 52.0 Å². The van der Waals surface area contributed by atoms with Crippen LogP contribution in [0.5, 0.6) is 0 Å². The van der Waals surface area contributed by atoms with Crippen molar-refractivity contribution < 1.29 is 9.18 Å². The fourth-order valence-electron chi connectivity index (χ4n) is 2.63. The Hall–Kier alpha value is -1.38. The number of hydrogen-bond acceptors (Lipinski definition) is 1. The zero-order valence-corrected chi connectivity index (χ0v) is 12.1. The molecule has 1 amide bonds. The molecule has 0 radical (unpaired) electrons. The summed E-state index contributed by atoms with van der Waals surface area (Å²) in [6, 6.07) is 7.46. The number of hydrogen-bond donors (Lipinski definition) is 0. The minimum Gasteiger partial charge on any atom is -0.335 e. The van der Waals surface area contributed by atoms with Gasteiger partial charge < -0.3 is 4.90 Å². The van der Waals surface area contributed by atoms with Gasteiger partial charge in [0.25, 0.3) is 5.91 Å². The van der Waals surface area contributed by atoms with Gasteiger partial charge in [0.1, 0.15) is 6.17 Å². The lowest BCUT2D eigenvalue weighted by Crippen LogP contribution is -2.31. The number of rotatable bonds is 1. The highest BCUT2D eigenvalue weighted by Gasteiger charge is 2.41. The summed E-state index contributed by atoms with van der Waals surface area (Å²) in [5, 5.41) is 0. The molecule has 1 saturated heterocycles. The molecule has 2 atom stereocenters. The first-order valence-corrected chi connectivity index (χ1v) is 6.79. The molecule has 19 heavy (non-hydrogen) atoms. The molecule has 1 aromatic carbocycles. The molecule has 2 nitrogen and oxygen atoms in total. The Morgan fingerprint density at radius 2 is 1.79 bits per heavy atom. The number of aryl methyl sites for hydroxylation is 1. The van der Waals surface area contributed by atoms with Gasteiger partial charge in [0, 0.05) is 18.0 Å². The molecule has 0 bridgehead atoms. The molecule has 0 spiro atoms. The number of likely N-dealkylation sites (tertiary alicyclic amines) is 1. The van der Waals surface area contributed by atoms with Crippen LogP contribution in [0.25, 0.3) is 0 Å². The monoisotopic (exact) mass is 263 g/mol. The van der Waals surface area contributed by atoms with Gasteiger partial charge in [-0.3, -0.25) is 4.79 Å². The average molecular weight is 263 g/mol. The fourth-order valence-corrected chi connectivity index (χ4v) is 2.63. The molecule has 0 saturated carbocycles. The molecule has 1 aromatic rings. The third-order valence-electron chi connectivity index (χ3n) is 3.95. The maximum Gasteiger partial charge on any atom is 0.253 e. The third-order valence-corrected chi connectivity index (χ3v) is 3.95. The lowest BCUT2D eigenvalue weighted by Gasteiger charge is -2.28. The summed E-state index contributed by atoms with van der Waals surface area (Å²) < 4.78 is 14.1. The van der Waals surface area contributed by atoms with Crippen molar-refractivity contribution in [2.45, 2.75) is 33.9 Å². The van der Waals surface area contributed by atoms with Gasteiger partial charge in [-0.25, -0.2) is 4.39 Å². The van der Waals surface area contributed by atoms with E-state index in [2.05, 4.69) is 0 Å². The summed E-state index contributed by atoms with van der Waals surface area (Å²) in [6.45, 7) is 8.81. The van der Waals surface area contributed by atoms with Gasteiger partial charge in [-0.1, -0.05) is 38.5 Å². The number of benzene rings is 1. The highest BCUT2D eigenvalue weighted by atomic mass is 19.1. The van der Waals surface area contributed by atoms with Crippen LogP contribution < -0.4 is 0 Å². The molecular formula is C16H22FNO. The minimum absolute atomic E-state index is 0.0607. The molecule has 3 heteroatoms. The van der Waals surface area contributed by atoms with Crippen molar-refractivity contribution in [1.29, 1.82) is 0 Å². The Labute approximate surface area is 114 Å². The first-order valence-electron chi connectivity index (χ1n) is 6.79. The molecule has 0 N–H and O–H groups in total. The number of carbonyl (C=O) groups is 1. The number of amides is 1. The van der Waals surface area contributed by atoms with E-state index in [0.717, 1.165) is 5.56 Å². The SMILES string of the molecule is Cc1ccc(C(=O)N2CC(F)C(C(C)(C)C)C2)cc1. The van der Waals surface area contributed by atoms with E-state index in [0.29, 0.717) is 12.1 Å². The van der Waals surface area contributed by atoms with Crippen LogP contribution in [-0.4, -0.2) is 30.1 Å². The smallest absolute Gasteiger partial charge is 0.253 e. The fraction of sp³-hybridized carbons (Fsp3) is 0.562. The molecule has 1 aliphatic heterocycles. The van der Waals surface area contributed by atoms with E-state index >= 15 is 0 Å². The Balaban J connectivity index is 2.12. The molecule has 104 valence electrons. The van der Waals surface area contributed by atoms with E-state index in [9.17, 15) is 9.18 Å². The van der Waals surface area contributed by atoms with Crippen LogP contribution in [0.2, 0.25) is 0 Å². The normalized spacial score (nSPS) is 23.7. The lowest BCUT2D eigenvalue weighted by atomic mass is 9.79. The van der Waals surface area contributed by atoms with Crippen LogP contribution >= 0.6 is 0 Å². The van der Waals surface area contributed by atoms with Crippen molar-refractivity contribution in [3.63, 3.8) is 0 Å². The van der Waals surface area contributed by atoms with Crippen LogP contribution in [0.4, 0.5) is 4.39 Å². The van der Waals surface area contributed by atoms with Crippen LogP contribution in [0, 0.1) is 18.3 Å². The first kappa shape index (κ1) is 14.0. The molecule has 1 fully saturated rings. The van der Waals surface area contributed by atoms with Crippen molar-refractivity contribution in [2.75, 3.05) is 13.1 Å². The predicted octanol–water partition coefficient (Wildman–Crippen LogP) is 3.45. The van der Waals surface area contributed by atoms with Gasteiger partial charge in [-0.15, -0.1) is 0 Å². The second kappa shape index (κ2) is 4.95. The van der Waals surface area contributed by atoms with Crippen LogP contribution in [0.15, 0.2) is 24.3 Å². The highest BCUT2D eigenvalue weighted by molar-refractivity contribution is 5.94. The van der Waals surface area contributed by atoms with Gasteiger partial charge in [0.15, 0.2) is 0 Å². The Morgan fingerprint density at radius 3 is 2.26 bits per heavy atom. The number of nitrogens with zero attached hydrogens (tertiary/aromatic N) is 1. The van der Waals surface area contributed by atoms with Crippen molar-refractivity contribution in [3.05, 3.63) is 35.4 Å². The Morgan fingerprint density at radius 1 is 1.21 bits per heavy atom. The topological polar surface area (TPSA) is 20.3 Å². The van der Waals surface area contributed by atoms with Crippen molar-refractivity contribution >= 4 is 5.91 Å². The first-order chi connectivity index (χ1) is 8.79. The quantitative estimate of drug-likeness (QED) is 0.760. The maximum absolute atomic E-state index is 14.1. The summed E-state index contributed by atoms with van der Waals surface area (Å²) in [7, 11) is 0. The largest absolute Gasteiger partial charge is 0.335 e. The van der Waals surface area contributed by atoms with E-state index in [1.165, 1.54) is 0 Å². The van der Waals surface area contributed by atoms with Crippen molar-refractivity contribution in [2.24, 2.45) is 11.3 Å². The van der Waals surface area contributed by atoms with Crippen molar-refractivity contribution in [3.8, 4) is 0 Å². The zero-order chi connectivity index (χ0) is 14.2. The maximum atomic E-state index is 14.1. The average Bonchev–Trinajstić information content (AvgIpc) is 2.71. The van der Waals surface area contributed by atoms with Gasteiger partial charge in [0.05, 0.1) is 6.54 Å². The second-order valence-electron chi connectivity index (χ2n) is 6.56. The van der Waals surface area contributed by atoms with Crippen LogP contribution in [-0.2, 0) is 0 Å². The summed E-state index contributed by atoms with van der Waals surface area (Å²) in [4.78, 5) is 14.0. The molecule has 0 aliphatic carbocycles. The highest BCUT2D eigenvalue weighted by Crippen LogP contribution is 2.36. The second-order valence-corrected chi connectivity index (χ2v) is 6.56. The van der Waals surface area contributed by atoms with E-state index in [1.54, 1.807) is 4.90 Å². The summed E-state index contributed by atoms with van der Waals surface area (Å²) in [6.07, 6.45) is -0.922. The summed E-state index contributed by atoms with van der Waals surface area (Å²) in [5.41, 5.74) is 1.66. The van der Waals surface area contributed by atoms with Crippen molar-refractivity contribution in [1.82, 2.24) is 4.90 Å². The number of halogens is 1. The standard InChI is InChI=1S/C16H22FNO/c1-11-5-7-12(8-6-11)15(19)18-9-13(14(17)10-18)16(2,3)4/h5-8,13-14H,9-10H2,1-4H3. The van der Waals surface area contributed by atoms with Gasteiger partial charge >= 0.3 is 0 Å². The van der Waals surface area contributed by atoms with Crippen LogP contribution in [0.3, 0.4) is 0 Å². The van der Waals surface area contributed by atoms with E-state index < -0.39 is 6.17 Å². The molecular weight excluding hydrogens is 241 g/mol. The Bertz CT molecular complexity index is 461. The summed E-state index contributed by atoms with van der Waals surface area (Å²) in [5.74, 6) is -0.142. The van der Waals surface area contributed by atoms with Gasteiger partial charge in [0.2, 0.25) is 0 Å². The molecule has 2 rings (SSSR count). The molecule has 1 heterocycles. The van der Waals surface area contributed by atoms with Gasteiger partial charge in [-0.2, -0.15) is 0 Å². The third kappa shape index (κ3) is 2.96. The molecule has 1 aliphatic rings. The number of carbonyl (C=O) groups excluding carboxylic acids is 1. The van der Waals surface area contributed by atoms with E-state index in [-0.39, 0.29) is 23.8 Å². The molecule has 2 unspecified atom stereocenters. The minimum atomic E-state index is -0.922. The van der Waals surface area contributed by atoms with Crippen LogP contribution in [0.1, 0.15) is 36.7 Å². The summed E-state index contributed by atoms with van der Waals surface area (Å²) >= 11 is 0. The molecule has 0 aromatic heterocycles.